The van der Waals surface area contributed by atoms with Gasteiger partial charge in [0.2, 0.25) is 5.95 Å². The summed E-state index contributed by atoms with van der Waals surface area (Å²) in [4.78, 5) is 20.8. The van der Waals surface area contributed by atoms with Crippen molar-refractivity contribution in [3.05, 3.63) is 47.3 Å². The number of rotatable bonds is 7. The Balaban J connectivity index is 2.05. The Morgan fingerprint density at radius 2 is 1.83 bits per heavy atom. The smallest absolute Gasteiger partial charge is 0.270 e. The highest BCUT2D eigenvalue weighted by atomic mass is 16.1. The number of amides is 1. The lowest BCUT2D eigenvalue weighted by atomic mass is 10.2. The van der Waals surface area contributed by atoms with E-state index in [0.717, 1.165) is 30.6 Å². The Kier molecular flexibility index (Phi) is 6.09. The molecule has 2 N–H and O–H groups in total. The molecule has 0 fully saturated rings. The summed E-state index contributed by atoms with van der Waals surface area (Å²) in [5, 5.41) is 6.04. The van der Waals surface area contributed by atoms with Crippen molar-refractivity contribution < 1.29 is 4.79 Å². The van der Waals surface area contributed by atoms with Gasteiger partial charge in [-0.05, 0) is 38.5 Å². The Morgan fingerprint density at radius 3 is 2.52 bits per heavy atom. The predicted octanol–water partition coefficient (Wildman–Crippen LogP) is 3.76. The van der Waals surface area contributed by atoms with Crippen LogP contribution in [0.4, 0.5) is 11.6 Å². The topological polar surface area (TPSA) is 66.9 Å². The van der Waals surface area contributed by atoms with E-state index < -0.39 is 0 Å². The van der Waals surface area contributed by atoms with Crippen LogP contribution in [-0.2, 0) is 0 Å². The van der Waals surface area contributed by atoms with Crippen molar-refractivity contribution in [3.8, 4) is 0 Å². The van der Waals surface area contributed by atoms with Crippen molar-refractivity contribution in [2.24, 2.45) is 0 Å². The fourth-order valence-electron chi connectivity index (χ4n) is 2.17. The maximum atomic E-state index is 12.2. The number of anilines is 2. The summed E-state index contributed by atoms with van der Waals surface area (Å²) < 4.78 is 0. The third-order valence-corrected chi connectivity index (χ3v) is 3.46. The first kappa shape index (κ1) is 16.9. The van der Waals surface area contributed by atoms with Crippen LogP contribution in [0.1, 0.15) is 47.9 Å². The van der Waals surface area contributed by atoms with Gasteiger partial charge in [-0.3, -0.25) is 4.79 Å². The Bertz CT molecular complexity index is 653. The first-order valence-corrected chi connectivity index (χ1v) is 8.06. The largest absolute Gasteiger partial charge is 0.351 e. The molecule has 23 heavy (non-hydrogen) atoms. The molecule has 0 aliphatic heterocycles. The van der Waals surface area contributed by atoms with E-state index >= 15 is 0 Å². The number of aryl methyl sites for hydroxylation is 2. The van der Waals surface area contributed by atoms with Gasteiger partial charge in [0.15, 0.2) is 0 Å². The number of nitrogens with one attached hydrogen (secondary N) is 2. The monoisotopic (exact) mass is 312 g/mol. The average molecular weight is 312 g/mol. The minimum absolute atomic E-state index is 0.154. The molecule has 0 radical (unpaired) electrons. The molecule has 5 heteroatoms. The molecule has 1 aromatic carbocycles. The molecular formula is C18H24N4O. The highest BCUT2D eigenvalue weighted by Gasteiger charge is 2.10. The van der Waals surface area contributed by atoms with E-state index in [4.69, 9.17) is 0 Å². The van der Waals surface area contributed by atoms with Crippen LogP contribution < -0.4 is 10.6 Å². The van der Waals surface area contributed by atoms with Gasteiger partial charge in [-0.15, -0.1) is 0 Å². The summed E-state index contributed by atoms with van der Waals surface area (Å²) >= 11 is 0. The number of hydrogen-bond donors (Lipinski definition) is 2. The minimum atomic E-state index is -0.154. The van der Waals surface area contributed by atoms with Crippen molar-refractivity contribution in [3.63, 3.8) is 0 Å². The zero-order valence-electron chi connectivity index (χ0n) is 14.0. The number of carbonyl (C=O) groups is 1. The zero-order valence-corrected chi connectivity index (χ0v) is 14.0. The molecule has 0 spiro atoms. The first-order chi connectivity index (χ1) is 11.1. The van der Waals surface area contributed by atoms with E-state index in [9.17, 15) is 4.79 Å². The molecule has 0 aliphatic rings. The van der Waals surface area contributed by atoms with Gasteiger partial charge in [0.25, 0.3) is 5.91 Å². The zero-order chi connectivity index (χ0) is 16.7. The van der Waals surface area contributed by atoms with Gasteiger partial charge in [-0.2, -0.15) is 0 Å². The van der Waals surface area contributed by atoms with Crippen molar-refractivity contribution in [2.75, 3.05) is 11.9 Å². The molecular weight excluding hydrogens is 288 g/mol. The van der Waals surface area contributed by atoms with Crippen LogP contribution in [-0.4, -0.2) is 22.4 Å². The maximum Gasteiger partial charge on any atom is 0.270 e. The normalized spacial score (nSPS) is 10.4. The molecule has 0 unspecified atom stereocenters. The summed E-state index contributed by atoms with van der Waals surface area (Å²) in [5.74, 6) is 0.283. The number of unbranched alkanes of at least 4 members (excludes halogenated alkanes) is 2. The fraction of sp³-hybridized carbons (Fsp3) is 0.389. The van der Waals surface area contributed by atoms with Crippen molar-refractivity contribution in [1.82, 2.24) is 15.3 Å². The maximum absolute atomic E-state index is 12.2. The lowest BCUT2D eigenvalue weighted by Crippen LogP contribution is -2.25. The van der Waals surface area contributed by atoms with Gasteiger partial charge in [0, 0.05) is 17.9 Å². The third-order valence-electron chi connectivity index (χ3n) is 3.46. The molecule has 122 valence electrons. The van der Waals surface area contributed by atoms with Crippen molar-refractivity contribution >= 4 is 17.5 Å². The lowest BCUT2D eigenvalue weighted by molar-refractivity contribution is 0.0948. The van der Waals surface area contributed by atoms with Gasteiger partial charge >= 0.3 is 0 Å². The molecule has 1 amide bonds. The molecule has 0 saturated carbocycles. The van der Waals surface area contributed by atoms with Crippen LogP contribution in [0.15, 0.2) is 30.3 Å². The highest BCUT2D eigenvalue weighted by molar-refractivity contribution is 5.92. The van der Waals surface area contributed by atoms with Gasteiger partial charge < -0.3 is 10.6 Å². The number of nitrogens with zero attached hydrogens (tertiary/aromatic N) is 2. The van der Waals surface area contributed by atoms with Gasteiger partial charge in [-0.25, -0.2) is 9.97 Å². The van der Waals surface area contributed by atoms with E-state index in [1.807, 2.05) is 38.1 Å². The number of benzene rings is 1. The van der Waals surface area contributed by atoms with Crippen molar-refractivity contribution in [1.29, 1.82) is 0 Å². The Morgan fingerprint density at radius 1 is 1.09 bits per heavy atom. The number of hydrogen-bond acceptors (Lipinski definition) is 4. The van der Waals surface area contributed by atoms with Crippen LogP contribution >= 0.6 is 0 Å². The molecule has 1 aromatic heterocycles. The molecule has 0 bridgehead atoms. The number of carbonyl (C=O) groups excluding carboxylic acids is 1. The summed E-state index contributed by atoms with van der Waals surface area (Å²) in [6, 6.07) is 9.66. The van der Waals surface area contributed by atoms with Crippen LogP contribution in [0.3, 0.4) is 0 Å². The van der Waals surface area contributed by atoms with Crippen LogP contribution in [0.2, 0.25) is 0 Å². The predicted molar refractivity (Wildman–Crippen MR) is 93.1 cm³/mol. The Labute approximate surface area is 137 Å². The van der Waals surface area contributed by atoms with Crippen LogP contribution in [0, 0.1) is 13.8 Å². The fourth-order valence-corrected chi connectivity index (χ4v) is 2.17. The summed E-state index contributed by atoms with van der Waals surface area (Å²) in [6.45, 7) is 6.71. The molecule has 0 atom stereocenters. The van der Waals surface area contributed by atoms with Gasteiger partial charge in [0.1, 0.15) is 5.69 Å². The summed E-state index contributed by atoms with van der Waals surface area (Å²) in [5.41, 5.74) is 3.24. The first-order valence-electron chi connectivity index (χ1n) is 8.06. The van der Waals surface area contributed by atoms with Crippen LogP contribution in [0.25, 0.3) is 0 Å². The molecule has 0 aliphatic carbocycles. The van der Waals surface area contributed by atoms with E-state index in [1.54, 1.807) is 6.07 Å². The number of aromatic nitrogens is 2. The standard InChI is InChI=1S/C18H24N4O/c1-4-5-6-11-19-17(23)16-12-14(3)20-18(22-16)21-15-9-7-13(2)8-10-15/h7-10,12H,4-6,11H2,1-3H3,(H,19,23)(H,20,21,22). The van der Waals surface area contributed by atoms with Crippen LogP contribution in [0.5, 0.6) is 0 Å². The van der Waals surface area contributed by atoms with E-state index in [0.29, 0.717) is 18.2 Å². The molecule has 5 nitrogen and oxygen atoms in total. The van der Waals surface area contributed by atoms with Gasteiger partial charge in [-0.1, -0.05) is 37.5 Å². The molecule has 1 heterocycles. The third kappa shape index (κ3) is 5.36. The molecule has 2 rings (SSSR count). The highest BCUT2D eigenvalue weighted by Crippen LogP contribution is 2.14. The average Bonchev–Trinajstić information content (AvgIpc) is 2.53. The second-order valence-electron chi connectivity index (χ2n) is 5.67. The van der Waals surface area contributed by atoms with Crippen molar-refractivity contribution in [2.45, 2.75) is 40.0 Å². The Hall–Kier alpha value is -2.43. The lowest BCUT2D eigenvalue weighted by Gasteiger charge is -2.09. The second kappa shape index (κ2) is 8.27. The minimum Gasteiger partial charge on any atom is -0.351 e. The molecule has 0 saturated heterocycles. The van der Waals surface area contributed by atoms with E-state index in [-0.39, 0.29) is 5.91 Å². The second-order valence-corrected chi connectivity index (χ2v) is 5.67. The molecule has 2 aromatic rings. The van der Waals surface area contributed by atoms with E-state index in [1.165, 1.54) is 5.56 Å². The SMILES string of the molecule is CCCCCNC(=O)c1cc(C)nc(Nc2ccc(C)cc2)n1. The summed E-state index contributed by atoms with van der Waals surface area (Å²) in [6.07, 6.45) is 3.23. The quantitative estimate of drug-likeness (QED) is 0.764. The van der Waals surface area contributed by atoms with E-state index in [2.05, 4.69) is 27.5 Å². The summed E-state index contributed by atoms with van der Waals surface area (Å²) in [7, 11) is 0. The van der Waals surface area contributed by atoms with Gasteiger partial charge in [0.05, 0.1) is 0 Å².